The molecule has 4 fully saturated rings. The molecule has 2 aromatic rings. The van der Waals surface area contributed by atoms with Gasteiger partial charge in [-0.05, 0) is 44.1 Å². The fourth-order valence-electron chi connectivity index (χ4n) is 4.46. The number of piperidine rings is 3. The second-order valence-corrected chi connectivity index (χ2v) is 8.66. The Bertz CT molecular complexity index is 830. The van der Waals surface area contributed by atoms with Gasteiger partial charge in [-0.15, -0.1) is 11.3 Å². The lowest BCUT2D eigenvalue weighted by Crippen LogP contribution is -2.61. The lowest BCUT2D eigenvalue weighted by atomic mass is 9.75. The third kappa shape index (κ3) is 2.48. The van der Waals surface area contributed by atoms with Gasteiger partial charge in [-0.2, -0.15) is 0 Å². The highest BCUT2D eigenvalue weighted by molar-refractivity contribution is 7.19. The number of hydrogen-bond acceptors (Lipinski definition) is 4. The van der Waals surface area contributed by atoms with Crippen molar-refractivity contribution in [2.45, 2.75) is 18.4 Å². The minimum absolute atomic E-state index is 0.207. The zero-order chi connectivity index (χ0) is 17.0. The number of rotatable bonds is 2. The minimum Gasteiger partial charge on any atom is -0.439 e. The topological polar surface area (TPSA) is 32.8 Å². The quantitative estimate of drug-likeness (QED) is 0.776. The van der Waals surface area contributed by atoms with Crippen LogP contribution in [0.2, 0.25) is 5.02 Å². The molecule has 1 aromatic heterocycles. The first-order chi connectivity index (χ1) is 12.1. The molecule has 1 atom stereocenters. The van der Waals surface area contributed by atoms with Crippen LogP contribution in [0.15, 0.2) is 36.4 Å². The Balaban J connectivity index is 1.43. The third-order valence-electron chi connectivity index (χ3n) is 5.76. The molecule has 4 saturated heterocycles. The van der Waals surface area contributed by atoms with Crippen LogP contribution >= 0.6 is 22.9 Å². The van der Waals surface area contributed by atoms with E-state index < -0.39 is 0 Å². The number of anilines is 1. The smallest absolute Gasteiger partial charge is 0.415 e. The third-order valence-corrected chi connectivity index (χ3v) is 7.23. The van der Waals surface area contributed by atoms with E-state index in [9.17, 15) is 4.79 Å². The predicted octanol–water partition coefficient (Wildman–Crippen LogP) is 4.49. The van der Waals surface area contributed by atoms with E-state index in [4.69, 9.17) is 16.3 Å². The van der Waals surface area contributed by atoms with Crippen molar-refractivity contribution in [1.29, 1.82) is 0 Å². The average molecular weight is 375 g/mol. The molecule has 2 bridgehead atoms. The van der Waals surface area contributed by atoms with Gasteiger partial charge in [-0.3, -0.25) is 9.80 Å². The summed E-state index contributed by atoms with van der Waals surface area (Å²) in [5, 5.41) is 1.67. The Hall–Kier alpha value is -1.56. The summed E-state index contributed by atoms with van der Waals surface area (Å²) < 4.78 is 5.96. The molecule has 1 unspecified atom stereocenters. The number of benzene rings is 1. The predicted molar refractivity (Wildman–Crippen MR) is 100 cm³/mol. The zero-order valence-corrected chi connectivity index (χ0v) is 15.4. The summed E-state index contributed by atoms with van der Waals surface area (Å²) >= 11 is 7.91. The van der Waals surface area contributed by atoms with Gasteiger partial charge in [0.05, 0.1) is 6.54 Å². The highest BCUT2D eigenvalue weighted by Gasteiger charge is 2.55. The van der Waals surface area contributed by atoms with Crippen molar-refractivity contribution in [1.82, 2.24) is 4.90 Å². The van der Waals surface area contributed by atoms with Gasteiger partial charge in [0.25, 0.3) is 0 Å². The lowest BCUT2D eigenvalue weighted by Gasteiger charge is -2.49. The van der Waals surface area contributed by atoms with Crippen LogP contribution in [0.4, 0.5) is 9.80 Å². The molecule has 0 N–H and O–H groups in total. The summed E-state index contributed by atoms with van der Waals surface area (Å²) in [7, 11) is 0. The van der Waals surface area contributed by atoms with Gasteiger partial charge in [0, 0.05) is 27.9 Å². The maximum atomic E-state index is 12.6. The van der Waals surface area contributed by atoms with Gasteiger partial charge in [0.1, 0.15) is 10.6 Å². The Morgan fingerprint density at radius 2 is 1.92 bits per heavy atom. The number of hydrogen-bond donors (Lipinski definition) is 0. The molecule has 0 aliphatic carbocycles. The largest absolute Gasteiger partial charge is 0.439 e. The molecule has 6 rings (SSSR count). The molecule has 4 aliphatic rings. The number of carbonyl (C=O) groups excluding carboxylic acids is 1. The van der Waals surface area contributed by atoms with Crippen molar-refractivity contribution in [2.24, 2.45) is 5.92 Å². The minimum atomic E-state index is -0.317. The Labute approximate surface area is 155 Å². The van der Waals surface area contributed by atoms with Crippen LogP contribution in [0.25, 0.3) is 10.4 Å². The van der Waals surface area contributed by atoms with Crippen LogP contribution < -0.4 is 4.90 Å². The molecule has 4 nitrogen and oxygen atoms in total. The number of amides is 1. The molecule has 1 amide bonds. The first-order valence-electron chi connectivity index (χ1n) is 8.72. The fourth-order valence-corrected chi connectivity index (χ4v) is 5.79. The summed E-state index contributed by atoms with van der Waals surface area (Å²) in [6.07, 6.45) is 2.06. The second-order valence-electron chi connectivity index (χ2n) is 7.19. The lowest BCUT2D eigenvalue weighted by molar-refractivity contribution is -0.0881. The molecule has 4 aliphatic heterocycles. The zero-order valence-electron chi connectivity index (χ0n) is 13.8. The molecule has 1 spiro atoms. The van der Waals surface area contributed by atoms with Crippen LogP contribution in [-0.4, -0.2) is 42.8 Å². The van der Waals surface area contributed by atoms with Crippen LogP contribution in [0.1, 0.15) is 12.8 Å². The van der Waals surface area contributed by atoms with E-state index in [0.29, 0.717) is 12.5 Å². The monoisotopic (exact) mass is 374 g/mol. The van der Waals surface area contributed by atoms with Crippen molar-refractivity contribution >= 4 is 34.0 Å². The summed E-state index contributed by atoms with van der Waals surface area (Å²) in [5.41, 5.74) is 0.688. The molecule has 0 saturated carbocycles. The second kappa shape index (κ2) is 5.73. The number of halogens is 1. The Morgan fingerprint density at radius 1 is 1.12 bits per heavy atom. The van der Waals surface area contributed by atoms with Gasteiger partial charge in [-0.25, -0.2) is 4.79 Å². The van der Waals surface area contributed by atoms with Crippen molar-refractivity contribution in [3.8, 4) is 10.4 Å². The van der Waals surface area contributed by atoms with E-state index in [0.717, 1.165) is 52.9 Å². The van der Waals surface area contributed by atoms with E-state index in [-0.39, 0.29) is 11.7 Å². The number of fused-ring (bicyclic) bond motifs is 2. The normalized spacial score (nSPS) is 30.9. The highest BCUT2D eigenvalue weighted by Crippen LogP contribution is 2.45. The Morgan fingerprint density at radius 3 is 2.64 bits per heavy atom. The van der Waals surface area contributed by atoms with Crippen molar-refractivity contribution in [3.63, 3.8) is 0 Å². The summed E-state index contributed by atoms with van der Waals surface area (Å²) in [6, 6.07) is 11.8. The van der Waals surface area contributed by atoms with E-state index in [2.05, 4.69) is 4.90 Å². The molecule has 130 valence electrons. The maximum Gasteiger partial charge on any atom is 0.415 e. The van der Waals surface area contributed by atoms with E-state index >= 15 is 0 Å². The van der Waals surface area contributed by atoms with E-state index in [1.165, 1.54) is 0 Å². The maximum absolute atomic E-state index is 12.6. The Kier molecular flexibility index (Phi) is 3.59. The van der Waals surface area contributed by atoms with Crippen molar-refractivity contribution in [3.05, 3.63) is 41.4 Å². The van der Waals surface area contributed by atoms with Crippen molar-refractivity contribution in [2.75, 3.05) is 31.1 Å². The SMILES string of the molecule is O=C1OC2(CN3CCC2CC3)CN1c1ccc(-c2ccccc2Cl)s1. The van der Waals surface area contributed by atoms with Crippen LogP contribution in [0.5, 0.6) is 0 Å². The van der Waals surface area contributed by atoms with Gasteiger partial charge in [-0.1, -0.05) is 29.8 Å². The number of carbonyl (C=O) groups is 1. The van der Waals surface area contributed by atoms with E-state index in [1.807, 2.05) is 41.3 Å². The average Bonchev–Trinajstić information content (AvgIpc) is 3.21. The standard InChI is InChI=1S/C19H19ClN2O2S/c20-15-4-2-1-3-14(15)16-5-6-17(25-16)22-12-19(24-18(22)23)11-21-9-7-13(19)8-10-21/h1-6,13H,7-12H2. The summed E-state index contributed by atoms with van der Waals surface area (Å²) in [6.45, 7) is 3.82. The van der Waals surface area contributed by atoms with Gasteiger partial charge in [0.2, 0.25) is 0 Å². The first-order valence-corrected chi connectivity index (χ1v) is 9.92. The van der Waals surface area contributed by atoms with Gasteiger partial charge in [0.15, 0.2) is 0 Å². The van der Waals surface area contributed by atoms with Gasteiger partial charge < -0.3 is 4.74 Å². The molecular formula is C19H19ClN2O2S. The fraction of sp³-hybridized carbons (Fsp3) is 0.421. The number of ether oxygens (including phenoxy) is 1. The molecule has 25 heavy (non-hydrogen) atoms. The molecule has 5 heterocycles. The molecule has 0 radical (unpaired) electrons. The molecule has 1 aromatic carbocycles. The van der Waals surface area contributed by atoms with Crippen LogP contribution in [0, 0.1) is 5.92 Å². The molecular weight excluding hydrogens is 356 g/mol. The highest BCUT2D eigenvalue weighted by atomic mass is 35.5. The number of thiophene rings is 1. The summed E-state index contributed by atoms with van der Waals surface area (Å²) in [4.78, 5) is 17.9. The molecule has 6 heteroatoms. The number of nitrogens with zero attached hydrogens (tertiary/aromatic N) is 2. The van der Waals surface area contributed by atoms with E-state index in [1.54, 1.807) is 11.3 Å². The van der Waals surface area contributed by atoms with Gasteiger partial charge >= 0.3 is 6.09 Å². The first kappa shape index (κ1) is 15.7. The summed E-state index contributed by atoms with van der Waals surface area (Å²) in [5.74, 6) is 0.495. The van der Waals surface area contributed by atoms with Crippen LogP contribution in [-0.2, 0) is 4.74 Å². The van der Waals surface area contributed by atoms with Crippen molar-refractivity contribution < 1.29 is 9.53 Å². The van der Waals surface area contributed by atoms with Crippen LogP contribution in [0.3, 0.4) is 0 Å².